The van der Waals surface area contributed by atoms with Crippen LogP contribution in [0.2, 0.25) is 0 Å². The number of anilines is 6. The average molecular weight is 609 g/mol. The van der Waals surface area contributed by atoms with Crippen LogP contribution in [0.5, 0.6) is 0 Å². The van der Waals surface area contributed by atoms with Gasteiger partial charge in [0.1, 0.15) is 11.2 Å². The largest absolute Gasteiger partial charge is 0.456 e. The molecule has 218 valence electrons. The van der Waals surface area contributed by atoms with Crippen LogP contribution in [0.1, 0.15) is 0 Å². The van der Waals surface area contributed by atoms with Crippen molar-refractivity contribution in [3.05, 3.63) is 170 Å². The molecule has 0 saturated carbocycles. The van der Waals surface area contributed by atoms with Gasteiger partial charge < -0.3 is 14.2 Å². The van der Waals surface area contributed by atoms with E-state index < -0.39 is 0 Å². The molecule has 0 unspecified atom stereocenters. The number of hydrogen-bond donors (Lipinski definition) is 0. The van der Waals surface area contributed by atoms with E-state index in [-0.39, 0.29) is 0 Å². The molecule has 2 aromatic heterocycles. The van der Waals surface area contributed by atoms with E-state index in [2.05, 4.69) is 168 Å². The summed E-state index contributed by atoms with van der Waals surface area (Å²) in [7, 11) is 0. The Morgan fingerprint density at radius 2 is 0.935 bits per heavy atom. The van der Waals surface area contributed by atoms with Crippen LogP contribution in [0.15, 0.2) is 174 Å². The molecule has 9 aromatic rings. The number of nitrogens with zero attached hydrogens (tertiary/aromatic N) is 2. The second-order valence-electron chi connectivity index (χ2n) is 11.4. The Morgan fingerprint density at radius 3 is 1.65 bits per heavy atom. The summed E-state index contributed by atoms with van der Waals surface area (Å²) < 4.78 is 8.83. The highest BCUT2D eigenvalue weighted by Gasteiger charge is 2.20. The Bertz CT molecular complexity index is 2440. The summed E-state index contributed by atoms with van der Waals surface area (Å²) in [6.45, 7) is 0. The van der Waals surface area contributed by atoms with Gasteiger partial charge in [0.05, 0.1) is 10.4 Å². The molecule has 0 saturated heterocycles. The van der Waals surface area contributed by atoms with E-state index in [4.69, 9.17) is 4.42 Å². The SMILES string of the molecule is c1ccc(N(c2ccccc2)c2ccc3sc4c(N(c5ccccc5)c5ccc6c(c5)oc5ccccc56)cccc4c3c2)cc1. The lowest BCUT2D eigenvalue weighted by atomic mass is 10.1. The maximum absolute atomic E-state index is 6.33. The van der Waals surface area contributed by atoms with E-state index in [1.54, 1.807) is 0 Å². The number of hydrogen-bond acceptors (Lipinski definition) is 4. The smallest absolute Gasteiger partial charge is 0.137 e. The Labute approximate surface area is 270 Å². The summed E-state index contributed by atoms with van der Waals surface area (Å²) in [5, 5.41) is 4.75. The zero-order chi connectivity index (χ0) is 30.5. The van der Waals surface area contributed by atoms with Gasteiger partial charge in [0.2, 0.25) is 0 Å². The topological polar surface area (TPSA) is 19.6 Å². The molecule has 0 radical (unpaired) electrons. The molecule has 0 fully saturated rings. The number of furan rings is 1. The van der Waals surface area contributed by atoms with Gasteiger partial charge in [-0.2, -0.15) is 0 Å². The third-order valence-corrected chi connectivity index (χ3v) is 9.83. The lowest BCUT2D eigenvalue weighted by Gasteiger charge is -2.26. The molecule has 7 aromatic carbocycles. The second kappa shape index (κ2) is 11.0. The van der Waals surface area contributed by atoms with Gasteiger partial charge in [-0.1, -0.05) is 84.9 Å². The van der Waals surface area contributed by atoms with Crippen LogP contribution in [0.3, 0.4) is 0 Å². The zero-order valence-corrected chi connectivity index (χ0v) is 25.7. The van der Waals surface area contributed by atoms with Crippen molar-refractivity contribution in [2.24, 2.45) is 0 Å². The molecule has 0 aliphatic rings. The van der Waals surface area contributed by atoms with Crippen molar-refractivity contribution in [2.45, 2.75) is 0 Å². The van der Waals surface area contributed by atoms with Gasteiger partial charge in [-0.15, -0.1) is 11.3 Å². The maximum Gasteiger partial charge on any atom is 0.137 e. The zero-order valence-electron chi connectivity index (χ0n) is 24.9. The van der Waals surface area contributed by atoms with E-state index in [1.807, 2.05) is 23.5 Å². The van der Waals surface area contributed by atoms with E-state index >= 15 is 0 Å². The van der Waals surface area contributed by atoms with Crippen LogP contribution in [0.25, 0.3) is 42.1 Å². The Morgan fingerprint density at radius 1 is 0.370 bits per heavy atom. The fourth-order valence-electron chi connectivity index (χ4n) is 6.55. The van der Waals surface area contributed by atoms with Crippen molar-refractivity contribution < 1.29 is 4.42 Å². The summed E-state index contributed by atoms with van der Waals surface area (Å²) in [6, 6.07) is 60.1. The van der Waals surface area contributed by atoms with Crippen LogP contribution < -0.4 is 9.80 Å². The Kier molecular flexibility index (Phi) is 6.32. The minimum atomic E-state index is 0.884. The van der Waals surface area contributed by atoms with Crippen LogP contribution in [0, 0.1) is 0 Å². The van der Waals surface area contributed by atoms with Crippen molar-refractivity contribution in [3.8, 4) is 0 Å². The number of benzene rings is 7. The molecule has 0 atom stereocenters. The lowest BCUT2D eigenvalue weighted by molar-refractivity contribution is 0.669. The fraction of sp³-hybridized carbons (Fsp3) is 0. The van der Waals surface area contributed by atoms with Gasteiger partial charge >= 0.3 is 0 Å². The molecule has 0 N–H and O–H groups in total. The molecular weight excluding hydrogens is 581 g/mol. The molecular formula is C42H28N2OS. The van der Waals surface area contributed by atoms with E-state index in [0.29, 0.717) is 0 Å². The van der Waals surface area contributed by atoms with Gasteiger partial charge in [0.25, 0.3) is 0 Å². The number of fused-ring (bicyclic) bond motifs is 6. The van der Waals surface area contributed by atoms with Crippen molar-refractivity contribution in [1.29, 1.82) is 0 Å². The fourth-order valence-corrected chi connectivity index (χ4v) is 7.73. The van der Waals surface area contributed by atoms with Gasteiger partial charge in [-0.25, -0.2) is 0 Å². The predicted molar refractivity (Wildman–Crippen MR) is 196 cm³/mol. The molecule has 3 nitrogen and oxygen atoms in total. The predicted octanol–water partition coefficient (Wildman–Crippen LogP) is 12.9. The van der Waals surface area contributed by atoms with Gasteiger partial charge in [0.15, 0.2) is 0 Å². The minimum absolute atomic E-state index is 0.884. The summed E-state index contributed by atoms with van der Waals surface area (Å²) >= 11 is 1.84. The molecule has 9 rings (SSSR count). The van der Waals surface area contributed by atoms with E-state index in [1.165, 1.54) is 20.2 Å². The highest BCUT2D eigenvalue weighted by Crippen LogP contribution is 2.47. The number of para-hydroxylation sites is 4. The Balaban J connectivity index is 1.23. The van der Waals surface area contributed by atoms with Crippen molar-refractivity contribution in [2.75, 3.05) is 9.80 Å². The van der Waals surface area contributed by atoms with Crippen LogP contribution in [0.4, 0.5) is 34.1 Å². The van der Waals surface area contributed by atoms with Crippen molar-refractivity contribution in [3.63, 3.8) is 0 Å². The second-order valence-corrected chi connectivity index (χ2v) is 12.4. The summed E-state index contributed by atoms with van der Waals surface area (Å²) in [5.74, 6) is 0. The van der Waals surface area contributed by atoms with Crippen LogP contribution in [-0.4, -0.2) is 0 Å². The monoisotopic (exact) mass is 608 g/mol. The Hall–Kier alpha value is -5.84. The van der Waals surface area contributed by atoms with Gasteiger partial charge in [-0.05, 0) is 78.9 Å². The standard InChI is InChI=1S/C42H28N2OS/c1-4-13-29(14-5-1)43(30-15-6-2-7-16-30)32-24-26-41-37(27-32)36-20-12-21-38(42(36)46-41)44(31-17-8-3-9-18-31)33-23-25-35-34-19-10-11-22-39(34)45-40(35)28-33/h1-28H. The number of rotatable bonds is 6. The van der Waals surface area contributed by atoms with Gasteiger partial charge in [-0.3, -0.25) is 0 Å². The third kappa shape index (κ3) is 4.42. The average Bonchev–Trinajstić information content (AvgIpc) is 3.68. The molecule has 0 spiro atoms. The molecule has 0 amide bonds. The summed E-state index contributed by atoms with van der Waals surface area (Å²) in [6.07, 6.45) is 0. The lowest BCUT2D eigenvalue weighted by Crippen LogP contribution is -2.09. The molecule has 4 heteroatoms. The van der Waals surface area contributed by atoms with E-state index in [9.17, 15) is 0 Å². The van der Waals surface area contributed by atoms with E-state index in [0.717, 1.165) is 56.1 Å². The first kappa shape index (κ1) is 26.6. The molecule has 46 heavy (non-hydrogen) atoms. The highest BCUT2D eigenvalue weighted by molar-refractivity contribution is 7.26. The quantitative estimate of drug-likeness (QED) is 0.187. The number of thiophene rings is 1. The van der Waals surface area contributed by atoms with Crippen molar-refractivity contribution in [1.82, 2.24) is 0 Å². The summed E-state index contributed by atoms with van der Waals surface area (Å²) in [5.41, 5.74) is 8.48. The first-order valence-electron chi connectivity index (χ1n) is 15.4. The van der Waals surface area contributed by atoms with Crippen molar-refractivity contribution >= 4 is 87.6 Å². The first-order chi connectivity index (χ1) is 22.8. The van der Waals surface area contributed by atoms with Crippen LogP contribution >= 0.6 is 11.3 Å². The third-order valence-electron chi connectivity index (χ3n) is 8.62. The van der Waals surface area contributed by atoms with Crippen LogP contribution in [-0.2, 0) is 0 Å². The summed E-state index contributed by atoms with van der Waals surface area (Å²) in [4.78, 5) is 4.68. The van der Waals surface area contributed by atoms with Gasteiger partial charge in [0, 0.05) is 60.7 Å². The molecule has 0 aliphatic carbocycles. The highest BCUT2D eigenvalue weighted by atomic mass is 32.1. The normalized spacial score (nSPS) is 11.5. The molecule has 0 bridgehead atoms. The maximum atomic E-state index is 6.33. The first-order valence-corrected chi connectivity index (χ1v) is 16.3. The minimum Gasteiger partial charge on any atom is -0.456 e. The molecule has 0 aliphatic heterocycles. The molecule has 2 heterocycles.